The lowest BCUT2D eigenvalue weighted by molar-refractivity contribution is 0.0938. The molecule has 158 valence electrons. The number of aromatic nitrogens is 2. The summed E-state index contributed by atoms with van der Waals surface area (Å²) in [5.41, 5.74) is 2.63. The molecule has 0 bridgehead atoms. The molecule has 9 heteroatoms. The van der Waals surface area contributed by atoms with Crippen molar-refractivity contribution in [2.45, 2.75) is 25.8 Å². The molecule has 0 spiro atoms. The number of aryl methyl sites for hydroxylation is 1. The van der Waals surface area contributed by atoms with Gasteiger partial charge in [0.05, 0.1) is 39.1 Å². The summed E-state index contributed by atoms with van der Waals surface area (Å²) in [6.45, 7) is 2.29. The third kappa shape index (κ3) is 3.77. The number of para-hydroxylation sites is 2. The summed E-state index contributed by atoms with van der Waals surface area (Å²) in [5.74, 6) is 0.520. The first-order chi connectivity index (χ1) is 14.3. The van der Waals surface area contributed by atoms with Crippen LogP contribution in [0.5, 0.6) is 0 Å². The van der Waals surface area contributed by atoms with E-state index < -0.39 is 10.0 Å². The third-order valence-corrected chi connectivity index (χ3v) is 7.57. The molecule has 1 aliphatic heterocycles. The number of imidazole rings is 1. The topological polar surface area (TPSA) is 84.3 Å². The fourth-order valence-corrected chi connectivity index (χ4v) is 5.70. The van der Waals surface area contributed by atoms with Crippen molar-refractivity contribution in [3.05, 3.63) is 58.9 Å². The monoisotopic (exact) mass is 446 g/mol. The van der Waals surface area contributed by atoms with Crippen molar-refractivity contribution >= 4 is 44.3 Å². The zero-order chi connectivity index (χ0) is 21.5. The zero-order valence-electron chi connectivity index (χ0n) is 16.8. The number of carbonyl (C=O) groups excluding carboxylic acids is 1. The number of rotatable bonds is 4. The number of nitrogens with one attached hydrogen (secondary N) is 1. The molecule has 4 rings (SSSR count). The van der Waals surface area contributed by atoms with Gasteiger partial charge in [-0.25, -0.2) is 13.4 Å². The van der Waals surface area contributed by atoms with Crippen LogP contribution in [0, 0.1) is 0 Å². The van der Waals surface area contributed by atoms with E-state index in [2.05, 4.69) is 10.3 Å². The molecule has 0 aliphatic carbocycles. The normalized spacial score (nSPS) is 17.1. The fraction of sp³-hybridized carbons (Fsp3) is 0.333. The van der Waals surface area contributed by atoms with Crippen molar-refractivity contribution in [2.24, 2.45) is 7.05 Å². The second-order valence-corrected chi connectivity index (χ2v) is 9.89. The van der Waals surface area contributed by atoms with Gasteiger partial charge < -0.3 is 9.88 Å². The number of sulfonamides is 1. The average Bonchev–Trinajstić information content (AvgIpc) is 3.04. The summed E-state index contributed by atoms with van der Waals surface area (Å²) in [6, 6.07) is 12.2. The smallest absolute Gasteiger partial charge is 0.253 e. The van der Waals surface area contributed by atoms with Crippen LogP contribution in [0.2, 0.25) is 5.02 Å². The number of benzene rings is 2. The molecule has 0 unspecified atom stereocenters. The van der Waals surface area contributed by atoms with Crippen LogP contribution in [0.15, 0.2) is 42.5 Å². The predicted octanol–water partition coefficient (Wildman–Crippen LogP) is 3.65. The Labute approximate surface area is 180 Å². The van der Waals surface area contributed by atoms with Crippen LogP contribution in [0.25, 0.3) is 11.0 Å². The van der Waals surface area contributed by atoms with Crippen LogP contribution in [0.1, 0.15) is 42.0 Å². The zero-order valence-corrected chi connectivity index (χ0v) is 18.4. The van der Waals surface area contributed by atoms with Gasteiger partial charge >= 0.3 is 0 Å². The molecule has 3 aromatic rings. The number of nitrogens with zero attached hydrogens (tertiary/aromatic N) is 3. The van der Waals surface area contributed by atoms with E-state index in [0.29, 0.717) is 24.2 Å². The van der Waals surface area contributed by atoms with Crippen LogP contribution < -0.4 is 9.62 Å². The number of amides is 1. The van der Waals surface area contributed by atoms with Crippen molar-refractivity contribution in [2.75, 3.05) is 16.6 Å². The summed E-state index contributed by atoms with van der Waals surface area (Å²) >= 11 is 6.36. The highest BCUT2D eigenvalue weighted by Crippen LogP contribution is 2.29. The molecule has 1 atom stereocenters. The van der Waals surface area contributed by atoms with E-state index in [9.17, 15) is 13.2 Å². The van der Waals surface area contributed by atoms with Crippen LogP contribution in [0.3, 0.4) is 0 Å². The highest BCUT2D eigenvalue weighted by atomic mass is 35.5. The van der Waals surface area contributed by atoms with E-state index in [1.165, 1.54) is 4.31 Å². The van der Waals surface area contributed by atoms with Gasteiger partial charge in [-0.3, -0.25) is 9.10 Å². The van der Waals surface area contributed by atoms with Crippen molar-refractivity contribution in [3.8, 4) is 0 Å². The van der Waals surface area contributed by atoms with Gasteiger partial charge in [-0.15, -0.1) is 0 Å². The van der Waals surface area contributed by atoms with Crippen molar-refractivity contribution in [1.29, 1.82) is 0 Å². The van der Waals surface area contributed by atoms with Crippen molar-refractivity contribution < 1.29 is 13.2 Å². The molecule has 1 aromatic heterocycles. The molecule has 1 amide bonds. The Hall–Kier alpha value is -2.58. The second kappa shape index (κ2) is 7.92. The van der Waals surface area contributed by atoms with Crippen LogP contribution in [-0.4, -0.2) is 36.2 Å². The minimum absolute atomic E-state index is 0.127. The standard InChI is InChI=1S/C21H23ClN4O3S/c1-14(20-24-18-7-3-4-8-19(18)25(20)2)23-21(27)16-10-9-15(13-17(16)22)26-11-5-6-12-30(26,28)29/h3-4,7-10,13-14H,5-6,11-12H2,1-2H3,(H,23,27)/t14-/m0/s1. The van der Waals surface area contributed by atoms with E-state index in [1.807, 2.05) is 42.8 Å². The fourth-order valence-electron chi connectivity index (χ4n) is 3.81. The van der Waals surface area contributed by atoms with Gasteiger partial charge in [0.1, 0.15) is 5.82 Å². The van der Waals surface area contributed by atoms with Crippen LogP contribution in [-0.2, 0) is 17.1 Å². The molecular formula is C21H23ClN4O3S. The first-order valence-electron chi connectivity index (χ1n) is 9.80. The maximum Gasteiger partial charge on any atom is 0.253 e. The first kappa shape index (κ1) is 20.7. The summed E-state index contributed by atoms with van der Waals surface area (Å²) in [4.78, 5) is 17.4. The van der Waals surface area contributed by atoms with Gasteiger partial charge in [0, 0.05) is 13.6 Å². The highest BCUT2D eigenvalue weighted by molar-refractivity contribution is 7.92. The number of hydrogen-bond acceptors (Lipinski definition) is 4. The first-order valence-corrected chi connectivity index (χ1v) is 11.8. The van der Waals surface area contributed by atoms with Gasteiger partial charge in [-0.05, 0) is 50.1 Å². The average molecular weight is 447 g/mol. The van der Waals surface area contributed by atoms with E-state index in [4.69, 9.17) is 11.6 Å². The SMILES string of the molecule is C[C@H](NC(=O)c1ccc(N2CCCCS2(=O)=O)cc1Cl)c1nc2ccccc2n1C. The van der Waals surface area contributed by atoms with E-state index in [-0.39, 0.29) is 22.7 Å². The Morgan fingerprint density at radius 1 is 1.20 bits per heavy atom. The molecule has 1 fully saturated rings. The van der Waals surface area contributed by atoms with E-state index >= 15 is 0 Å². The number of anilines is 1. The molecule has 1 aliphatic rings. The van der Waals surface area contributed by atoms with Gasteiger partial charge in [0.15, 0.2) is 0 Å². The van der Waals surface area contributed by atoms with E-state index in [0.717, 1.165) is 23.3 Å². The van der Waals surface area contributed by atoms with E-state index in [1.54, 1.807) is 18.2 Å². The lowest BCUT2D eigenvalue weighted by Crippen LogP contribution is -2.37. The van der Waals surface area contributed by atoms with Crippen molar-refractivity contribution in [1.82, 2.24) is 14.9 Å². The van der Waals surface area contributed by atoms with Crippen LogP contribution in [0.4, 0.5) is 5.69 Å². The Bertz CT molecular complexity index is 1220. The number of halogens is 1. The number of hydrogen-bond donors (Lipinski definition) is 1. The quantitative estimate of drug-likeness (QED) is 0.663. The van der Waals surface area contributed by atoms with Crippen molar-refractivity contribution in [3.63, 3.8) is 0 Å². The number of carbonyl (C=O) groups is 1. The van der Waals surface area contributed by atoms with Crippen LogP contribution >= 0.6 is 11.6 Å². The van der Waals surface area contributed by atoms with Gasteiger partial charge in [0.2, 0.25) is 10.0 Å². The minimum atomic E-state index is -3.34. The Kier molecular flexibility index (Phi) is 5.46. The molecule has 1 N–H and O–H groups in total. The molecule has 2 aromatic carbocycles. The van der Waals surface area contributed by atoms with Gasteiger partial charge in [-0.1, -0.05) is 23.7 Å². The predicted molar refractivity (Wildman–Crippen MR) is 118 cm³/mol. The maximum absolute atomic E-state index is 12.8. The number of fused-ring (bicyclic) bond motifs is 1. The summed E-state index contributed by atoms with van der Waals surface area (Å²) in [7, 11) is -1.43. The van der Waals surface area contributed by atoms with Gasteiger partial charge in [-0.2, -0.15) is 0 Å². The molecule has 1 saturated heterocycles. The third-order valence-electron chi connectivity index (χ3n) is 5.39. The summed E-state index contributed by atoms with van der Waals surface area (Å²) in [5, 5.41) is 3.14. The molecule has 2 heterocycles. The molecule has 30 heavy (non-hydrogen) atoms. The lowest BCUT2D eigenvalue weighted by Gasteiger charge is -2.28. The minimum Gasteiger partial charge on any atom is -0.342 e. The molecule has 0 radical (unpaired) electrons. The largest absolute Gasteiger partial charge is 0.342 e. The van der Waals surface area contributed by atoms with Gasteiger partial charge in [0.25, 0.3) is 5.91 Å². The Balaban J connectivity index is 1.55. The Morgan fingerprint density at radius 2 is 1.97 bits per heavy atom. The summed E-state index contributed by atoms with van der Waals surface area (Å²) < 4.78 is 27.9. The molecular weight excluding hydrogens is 424 g/mol. The molecule has 0 saturated carbocycles. The lowest BCUT2D eigenvalue weighted by atomic mass is 10.1. The second-order valence-electron chi connectivity index (χ2n) is 7.47. The molecule has 7 nitrogen and oxygen atoms in total. The summed E-state index contributed by atoms with van der Waals surface area (Å²) in [6.07, 6.45) is 1.46. The highest BCUT2D eigenvalue weighted by Gasteiger charge is 2.27. The Morgan fingerprint density at radius 3 is 2.67 bits per heavy atom. The maximum atomic E-state index is 12.8.